The standard InChI is InChI=1S/C14H16FN3S/c1-2-11(16)7-10-8-17-14(18-9-10)19-13-6-4-3-5-12(13)15/h3-6,8-9,11H,2,7,16H2,1H3. The van der Waals surface area contributed by atoms with E-state index < -0.39 is 0 Å². The first-order chi connectivity index (χ1) is 9.19. The monoisotopic (exact) mass is 277 g/mol. The van der Waals surface area contributed by atoms with Crippen LogP contribution in [0.15, 0.2) is 46.7 Å². The molecule has 2 N–H and O–H groups in total. The van der Waals surface area contributed by atoms with Crippen molar-refractivity contribution in [2.24, 2.45) is 5.73 Å². The van der Waals surface area contributed by atoms with E-state index in [1.54, 1.807) is 30.6 Å². The molecule has 1 atom stereocenters. The Balaban J connectivity index is 2.05. The average molecular weight is 277 g/mol. The molecule has 0 aliphatic carbocycles. The number of halogens is 1. The quantitative estimate of drug-likeness (QED) is 0.853. The summed E-state index contributed by atoms with van der Waals surface area (Å²) in [4.78, 5) is 8.99. The molecular weight excluding hydrogens is 261 g/mol. The van der Waals surface area contributed by atoms with Gasteiger partial charge < -0.3 is 5.73 Å². The van der Waals surface area contributed by atoms with Crippen LogP contribution in [0.25, 0.3) is 0 Å². The molecule has 1 aromatic heterocycles. The van der Waals surface area contributed by atoms with Gasteiger partial charge in [0.15, 0.2) is 5.16 Å². The number of nitrogens with zero attached hydrogens (tertiary/aromatic N) is 2. The van der Waals surface area contributed by atoms with E-state index in [2.05, 4.69) is 9.97 Å². The van der Waals surface area contributed by atoms with Gasteiger partial charge in [-0.3, -0.25) is 0 Å². The van der Waals surface area contributed by atoms with Gasteiger partial charge in [0.25, 0.3) is 0 Å². The normalized spacial score (nSPS) is 12.4. The Hall–Kier alpha value is -1.46. The van der Waals surface area contributed by atoms with Crippen molar-refractivity contribution in [1.29, 1.82) is 0 Å². The van der Waals surface area contributed by atoms with Crippen LogP contribution in [0.2, 0.25) is 0 Å². The summed E-state index contributed by atoms with van der Waals surface area (Å²) in [5.41, 5.74) is 6.88. The molecule has 0 bridgehead atoms. The van der Waals surface area contributed by atoms with Gasteiger partial charge in [0.2, 0.25) is 0 Å². The molecule has 1 unspecified atom stereocenters. The van der Waals surface area contributed by atoms with E-state index in [0.717, 1.165) is 18.4 Å². The highest BCUT2D eigenvalue weighted by Crippen LogP contribution is 2.26. The number of aromatic nitrogens is 2. The van der Waals surface area contributed by atoms with Gasteiger partial charge in [0.1, 0.15) is 5.82 Å². The second-order valence-corrected chi connectivity index (χ2v) is 5.29. The van der Waals surface area contributed by atoms with Crippen molar-refractivity contribution in [3.8, 4) is 0 Å². The number of nitrogens with two attached hydrogens (primary N) is 1. The van der Waals surface area contributed by atoms with Gasteiger partial charge in [-0.05, 0) is 42.3 Å². The molecule has 1 heterocycles. The van der Waals surface area contributed by atoms with Gasteiger partial charge in [-0.2, -0.15) is 0 Å². The fourth-order valence-corrected chi connectivity index (χ4v) is 2.29. The van der Waals surface area contributed by atoms with E-state index in [0.29, 0.717) is 10.1 Å². The van der Waals surface area contributed by atoms with E-state index in [-0.39, 0.29) is 11.9 Å². The van der Waals surface area contributed by atoms with Crippen LogP contribution >= 0.6 is 11.8 Å². The van der Waals surface area contributed by atoms with Crippen molar-refractivity contribution in [3.05, 3.63) is 48.0 Å². The first-order valence-corrected chi connectivity index (χ1v) is 6.99. The van der Waals surface area contributed by atoms with Crippen molar-refractivity contribution in [3.63, 3.8) is 0 Å². The molecule has 2 aromatic rings. The van der Waals surface area contributed by atoms with Crippen LogP contribution in [0.5, 0.6) is 0 Å². The van der Waals surface area contributed by atoms with Crippen molar-refractivity contribution in [1.82, 2.24) is 9.97 Å². The van der Waals surface area contributed by atoms with Gasteiger partial charge in [0, 0.05) is 18.4 Å². The molecule has 2 rings (SSSR count). The molecule has 0 saturated carbocycles. The van der Waals surface area contributed by atoms with E-state index >= 15 is 0 Å². The molecule has 0 radical (unpaired) electrons. The molecule has 0 aliphatic rings. The lowest BCUT2D eigenvalue weighted by molar-refractivity contribution is 0.601. The average Bonchev–Trinajstić information content (AvgIpc) is 2.43. The van der Waals surface area contributed by atoms with Crippen LogP contribution in [-0.2, 0) is 6.42 Å². The van der Waals surface area contributed by atoms with Crippen molar-refractivity contribution < 1.29 is 4.39 Å². The Labute approximate surface area is 116 Å². The zero-order valence-corrected chi connectivity index (χ0v) is 11.5. The highest BCUT2D eigenvalue weighted by atomic mass is 32.2. The van der Waals surface area contributed by atoms with Crippen LogP contribution < -0.4 is 5.73 Å². The van der Waals surface area contributed by atoms with Crippen LogP contribution in [0.3, 0.4) is 0 Å². The van der Waals surface area contributed by atoms with E-state index in [1.807, 2.05) is 6.92 Å². The maximum absolute atomic E-state index is 13.5. The molecule has 3 nitrogen and oxygen atoms in total. The summed E-state index contributed by atoms with van der Waals surface area (Å²) in [5.74, 6) is -0.256. The van der Waals surface area contributed by atoms with Gasteiger partial charge in [0.05, 0.1) is 4.90 Å². The summed E-state index contributed by atoms with van der Waals surface area (Å²) in [6.07, 6.45) is 5.20. The lowest BCUT2D eigenvalue weighted by Gasteiger charge is -2.08. The van der Waals surface area contributed by atoms with Gasteiger partial charge in [-0.15, -0.1) is 0 Å². The summed E-state index contributed by atoms with van der Waals surface area (Å²) < 4.78 is 13.5. The largest absolute Gasteiger partial charge is 0.327 e. The number of hydrogen-bond donors (Lipinski definition) is 1. The summed E-state index contributed by atoms with van der Waals surface area (Å²) in [7, 11) is 0. The minimum Gasteiger partial charge on any atom is -0.327 e. The van der Waals surface area contributed by atoms with Crippen molar-refractivity contribution >= 4 is 11.8 Å². The van der Waals surface area contributed by atoms with Gasteiger partial charge in [-0.25, -0.2) is 14.4 Å². The first-order valence-electron chi connectivity index (χ1n) is 6.18. The second kappa shape index (κ2) is 6.63. The van der Waals surface area contributed by atoms with Crippen molar-refractivity contribution in [2.75, 3.05) is 0 Å². The number of rotatable bonds is 5. The first kappa shape index (κ1) is 14.0. The van der Waals surface area contributed by atoms with E-state index in [1.165, 1.54) is 17.8 Å². The van der Waals surface area contributed by atoms with Crippen LogP contribution in [-0.4, -0.2) is 16.0 Å². The predicted molar refractivity (Wildman–Crippen MR) is 74.5 cm³/mol. The fourth-order valence-electron chi connectivity index (χ4n) is 1.57. The number of benzene rings is 1. The summed E-state index contributed by atoms with van der Waals surface area (Å²) >= 11 is 1.22. The maximum atomic E-state index is 13.5. The Morgan fingerprint density at radius 2 is 1.95 bits per heavy atom. The smallest absolute Gasteiger partial charge is 0.192 e. The zero-order chi connectivity index (χ0) is 13.7. The maximum Gasteiger partial charge on any atom is 0.192 e. The molecule has 0 saturated heterocycles. The SMILES string of the molecule is CCC(N)Cc1cnc(Sc2ccccc2F)nc1. The van der Waals surface area contributed by atoms with Gasteiger partial charge in [-0.1, -0.05) is 19.1 Å². The third-order valence-electron chi connectivity index (χ3n) is 2.74. The Bertz CT molecular complexity index is 530. The lowest BCUT2D eigenvalue weighted by Crippen LogP contribution is -2.21. The second-order valence-electron chi connectivity index (χ2n) is 4.28. The molecule has 19 heavy (non-hydrogen) atoms. The highest BCUT2D eigenvalue weighted by Gasteiger charge is 2.07. The van der Waals surface area contributed by atoms with Crippen LogP contribution in [0, 0.1) is 5.82 Å². The molecule has 0 amide bonds. The Morgan fingerprint density at radius 1 is 1.26 bits per heavy atom. The van der Waals surface area contributed by atoms with E-state index in [4.69, 9.17) is 5.73 Å². The Kier molecular flexibility index (Phi) is 4.87. The number of hydrogen-bond acceptors (Lipinski definition) is 4. The molecular formula is C14H16FN3S. The summed E-state index contributed by atoms with van der Waals surface area (Å²) in [6.45, 7) is 2.05. The molecule has 100 valence electrons. The lowest BCUT2D eigenvalue weighted by atomic mass is 10.1. The highest BCUT2D eigenvalue weighted by molar-refractivity contribution is 7.99. The topological polar surface area (TPSA) is 51.8 Å². The van der Waals surface area contributed by atoms with Crippen LogP contribution in [0.1, 0.15) is 18.9 Å². The van der Waals surface area contributed by atoms with Crippen molar-refractivity contribution in [2.45, 2.75) is 35.9 Å². The molecule has 0 fully saturated rings. The molecule has 0 spiro atoms. The van der Waals surface area contributed by atoms with Crippen LogP contribution in [0.4, 0.5) is 4.39 Å². The molecule has 1 aromatic carbocycles. The van der Waals surface area contributed by atoms with Gasteiger partial charge >= 0.3 is 0 Å². The molecule has 0 aliphatic heterocycles. The fraction of sp³-hybridized carbons (Fsp3) is 0.286. The minimum atomic E-state index is -0.256. The summed E-state index contributed by atoms with van der Waals surface area (Å²) in [5, 5.41) is 0.541. The third-order valence-corrected chi connectivity index (χ3v) is 3.69. The minimum absolute atomic E-state index is 0.133. The third kappa shape index (κ3) is 4.01. The zero-order valence-electron chi connectivity index (χ0n) is 10.7. The predicted octanol–water partition coefficient (Wildman–Crippen LogP) is 3.05. The van der Waals surface area contributed by atoms with E-state index in [9.17, 15) is 4.39 Å². The molecule has 5 heteroatoms. The summed E-state index contributed by atoms with van der Waals surface area (Å²) in [6, 6.07) is 6.73. The Morgan fingerprint density at radius 3 is 2.58 bits per heavy atom.